The van der Waals surface area contributed by atoms with Gasteiger partial charge in [-0.2, -0.15) is 8.78 Å². The monoisotopic (exact) mass is 555 g/mol. The van der Waals surface area contributed by atoms with E-state index in [1.54, 1.807) is 39.3 Å². The molecule has 0 unspecified atom stereocenters. The number of fused-ring (bicyclic) bond motifs is 1. The molecule has 4 rings (SSSR count). The molecule has 2 aromatic heterocycles. The summed E-state index contributed by atoms with van der Waals surface area (Å²) in [6, 6.07) is 8.30. The number of nitrogens with one attached hydrogen (secondary N) is 1. The quantitative estimate of drug-likeness (QED) is 0.211. The number of pyridine rings is 1. The van der Waals surface area contributed by atoms with Gasteiger partial charge in [0.1, 0.15) is 35.4 Å². The van der Waals surface area contributed by atoms with E-state index in [1.807, 2.05) is 6.07 Å². The standard InChI is InChI=1S/C29H32F3N5O3/c1-16(20-7-6-8-23(26(20)30)29(31,32)28(3,4)38)35-27-22-13-25(40-10-9-39-5)21(12-24(22)36-17(2)37-27)18-11-19(33)15-34-14-18/h6-8,11-16,38H,9-10,33H2,1-5H3,(H,35,36,37)/t16-/m1/s1. The molecule has 0 fully saturated rings. The van der Waals surface area contributed by atoms with Gasteiger partial charge in [-0.15, -0.1) is 0 Å². The second-order valence-electron chi connectivity index (χ2n) is 10.0. The zero-order chi connectivity index (χ0) is 29.2. The lowest BCUT2D eigenvalue weighted by atomic mass is 9.91. The molecule has 0 spiro atoms. The third kappa shape index (κ3) is 5.80. The Hall–Kier alpha value is -3.96. The molecule has 11 heteroatoms. The van der Waals surface area contributed by atoms with Gasteiger partial charge in [-0.25, -0.2) is 14.4 Å². The Labute approximate surface area is 230 Å². The first-order chi connectivity index (χ1) is 18.8. The van der Waals surface area contributed by atoms with Crippen molar-refractivity contribution < 1.29 is 27.8 Å². The maximum atomic E-state index is 15.4. The van der Waals surface area contributed by atoms with Crippen molar-refractivity contribution in [2.45, 2.75) is 45.3 Å². The Bertz CT molecular complexity index is 1530. The van der Waals surface area contributed by atoms with Crippen molar-refractivity contribution in [1.29, 1.82) is 0 Å². The number of ether oxygens (including phenoxy) is 2. The smallest absolute Gasteiger partial charge is 0.303 e. The average Bonchev–Trinajstić information content (AvgIpc) is 2.88. The molecule has 0 aliphatic carbocycles. The maximum absolute atomic E-state index is 15.4. The van der Waals surface area contributed by atoms with Crippen LogP contribution in [-0.4, -0.2) is 46.0 Å². The average molecular weight is 556 g/mol. The number of hydrogen-bond acceptors (Lipinski definition) is 8. The van der Waals surface area contributed by atoms with Crippen LogP contribution in [0.25, 0.3) is 22.0 Å². The molecule has 0 amide bonds. The van der Waals surface area contributed by atoms with Crippen molar-refractivity contribution in [3.63, 3.8) is 0 Å². The number of rotatable bonds is 10. The lowest BCUT2D eigenvalue weighted by molar-refractivity contribution is -0.170. The number of anilines is 2. The van der Waals surface area contributed by atoms with E-state index in [4.69, 9.17) is 15.2 Å². The summed E-state index contributed by atoms with van der Waals surface area (Å²) in [7, 11) is 1.57. The fourth-order valence-electron chi connectivity index (χ4n) is 4.31. The van der Waals surface area contributed by atoms with Gasteiger partial charge >= 0.3 is 5.92 Å². The van der Waals surface area contributed by atoms with E-state index in [0.717, 1.165) is 25.5 Å². The van der Waals surface area contributed by atoms with Crippen molar-refractivity contribution in [3.8, 4) is 16.9 Å². The molecule has 40 heavy (non-hydrogen) atoms. The number of nitrogen functional groups attached to an aromatic ring is 1. The lowest BCUT2D eigenvalue weighted by Crippen LogP contribution is -2.41. The predicted molar refractivity (Wildman–Crippen MR) is 148 cm³/mol. The van der Waals surface area contributed by atoms with Crippen LogP contribution >= 0.6 is 0 Å². The molecule has 4 aromatic rings. The summed E-state index contributed by atoms with van der Waals surface area (Å²) in [5.41, 5.74) is 5.08. The number of benzene rings is 2. The van der Waals surface area contributed by atoms with Crippen molar-refractivity contribution >= 4 is 22.4 Å². The first-order valence-corrected chi connectivity index (χ1v) is 12.6. The molecular formula is C29H32F3N5O3. The van der Waals surface area contributed by atoms with Crippen LogP contribution in [0.3, 0.4) is 0 Å². The summed E-state index contributed by atoms with van der Waals surface area (Å²) >= 11 is 0. The lowest BCUT2D eigenvalue weighted by Gasteiger charge is -2.30. The number of nitrogens with two attached hydrogens (primary N) is 1. The zero-order valence-corrected chi connectivity index (χ0v) is 22.9. The fourth-order valence-corrected chi connectivity index (χ4v) is 4.31. The highest BCUT2D eigenvalue weighted by Crippen LogP contribution is 2.42. The summed E-state index contributed by atoms with van der Waals surface area (Å²) in [5.74, 6) is -3.62. The first-order valence-electron chi connectivity index (χ1n) is 12.6. The van der Waals surface area contributed by atoms with Gasteiger partial charge in [0, 0.05) is 41.6 Å². The minimum Gasteiger partial charge on any atom is -0.491 e. The molecule has 0 saturated carbocycles. The van der Waals surface area contributed by atoms with Gasteiger partial charge in [-0.05, 0) is 52.0 Å². The second-order valence-corrected chi connectivity index (χ2v) is 10.0. The Kier molecular flexibility index (Phi) is 8.18. The number of aryl methyl sites for hydroxylation is 1. The maximum Gasteiger partial charge on any atom is 0.303 e. The van der Waals surface area contributed by atoms with Crippen LogP contribution in [0, 0.1) is 12.7 Å². The fraction of sp³-hybridized carbons (Fsp3) is 0.345. The van der Waals surface area contributed by atoms with E-state index in [-0.39, 0.29) is 12.2 Å². The number of nitrogens with zero attached hydrogens (tertiary/aromatic N) is 3. The third-order valence-electron chi connectivity index (χ3n) is 6.48. The largest absolute Gasteiger partial charge is 0.491 e. The zero-order valence-electron chi connectivity index (χ0n) is 22.9. The molecule has 1 atom stereocenters. The van der Waals surface area contributed by atoms with Crippen LogP contribution in [0.1, 0.15) is 43.8 Å². The molecule has 212 valence electrons. The molecule has 0 aliphatic heterocycles. The molecule has 0 aliphatic rings. The molecule has 8 nitrogen and oxygen atoms in total. The van der Waals surface area contributed by atoms with Gasteiger partial charge < -0.3 is 25.6 Å². The van der Waals surface area contributed by atoms with E-state index >= 15 is 4.39 Å². The molecule has 0 radical (unpaired) electrons. The van der Waals surface area contributed by atoms with E-state index in [2.05, 4.69) is 20.3 Å². The summed E-state index contributed by atoms with van der Waals surface area (Å²) in [5, 5.41) is 13.7. The number of aliphatic hydroxyl groups is 1. The predicted octanol–water partition coefficient (Wildman–Crippen LogP) is 5.78. The van der Waals surface area contributed by atoms with Crippen molar-refractivity contribution in [2.75, 3.05) is 31.4 Å². The molecule has 2 aromatic carbocycles. The molecule has 0 saturated heterocycles. The minimum atomic E-state index is -3.81. The van der Waals surface area contributed by atoms with E-state index in [0.29, 0.717) is 46.2 Å². The number of halogens is 3. The molecule has 2 heterocycles. The van der Waals surface area contributed by atoms with Crippen LogP contribution in [0.4, 0.5) is 24.7 Å². The summed E-state index contributed by atoms with van der Waals surface area (Å²) in [6.45, 7) is 5.85. The Balaban J connectivity index is 1.79. The molecular weight excluding hydrogens is 523 g/mol. The number of hydrogen-bond donors (Lipinski definition) is 3. The van der Waals surface area contributed by atoms with Crippen LogP contribution in [0.2, 0.25) is 0 Å². The summed E-state index contributed by atoms with van der Waals surface area (Å²) in [4.78, 5) is 13.3. The van der Waals surface area contributed by atoms with Crippen LogP contribution in [0.15, 0.2) is 48.8 Å². The van der Waals surface area contributed by atoms with Crippen molar-refractivity contribution in [2.24, 2.45) is 0 Å². The van der Waals surface area contributed by atoms with Gasteiger partial charge in [0.2, 0.25) is 0 Å². The van der Waals surface area contributed by atoms with Crippen LogP contribution in [0.5, 0.6) is 5.75 Å². The molecule has 4 N–H and O–H groups in total. The van der Waals surface area contributed by atoms with Gasteiger partial charge in [-0.1, -0.05) is 12.1 Å². The van der Waals surface area contributed by atoms with Crippen LogP contribution < -0.4 is 15.8 Å². The van der Waals surface area contributed by atoms with Crippen molar-refractivity contribution in [1.82, 2.24) is 15.0 Å². The number of alkyl halides is 2. The van der Waals surface area contributed by atoms with Gasteiger partial charge in [-0.3, -0.25) is 4.98 Å². The Morgan fingerprint density at radius 2 is 1.85 bits per heavy atom. The van der Waals surface area contributed by atoms with Gasteiger partial charge in [0.25, 0.3) is 0 Å². The van der Waals surface area contributed by atoms with Crippen LogP contribution in [-0.2, 0) is 10.7 Å². The normalized spacial score (nSPS) is 12.9. The third-order valence-corrected chi connectivity index (χ3v) is 6.48. The highest BCUT2D eigenvalue weighted by atomic mass is 19.3. The van der Waals surface area contributed by atoms with Crippen molar-refractivity contribution in [3.05, 3.63) is 71.6 Å². The van der Waals surface area contributed by atoms with E-state index < -0.39 is 28.9 Å². The topological polar surface area (TPSA) is 115 Å². The first kappa shape index (κ1) is 29.0. The van der Waals surface area contributed by atoms with Gasteiger partial charge in [0.15, 0.2) is 0 Å². The number of methoxy groups -OCH3 is 1. The summed E-state index contributed by atoms with van der Waals surface area (Å²) < 4.78 is 56.3. The highest BCUT2D eigenvalue weighted by Gasteiger charge is 2.49. The minimum absolute atomic E-state index is 0.00939. The number of aromatic nitrogens is 3. The second kappa shape index (κ2) is 11.3. The van der Waals surface area contributed by atoms with E-state index in [9.17, 15) is 13.9 Å². The Morgan fingerprint density at radius 3 is 2.52 bits per heavy atom. The SMILES string of the molecule is COCCOc1cc2c(N[C@H](C)c3cccc(C(F)(F)C(C)(C)O)c3F)nc(C)nc2cc1-c1cncc(N)c1. The van der Waals surface area contributed by atoms with Gasteiger partial charge in [0.05, 0.1) is 29.4 Å². The molecule has 0 bridgehead atoms. The Morgan fingerprint density at radius 1 is 1.10 bits per heavy atom. The highest BCUT2D eigenvalue weighted by molar-refractivity contribution is 5.95. The summed E-state index contributed by atoms with van der Waals surface area (Å²) in [6.07, 6.45) is 3.20. The van der Waals surface area contributed by atoms with E-state index in [1.165, 1.54) is 18.3 Å².